The summed E-state index contributed by atoms with van der Waals surface area (Å²) in [6.45, 7) is 5.75. The number of amides is 4. The van der Waals surface area contributed by atoms with Gasteiger partial charge in [-0.25, -0.2) is 4.79 Å². The summed E-state index contributed by atoms with van der Waals surface area (Å²) in [6.07, 6.45) is -1.90. The first-order chi connectivity index (χ1) is 19.5. The highest BCUT2D eigenvalue weighted by Crippen LogP contribution is 2.21. The van der Waals surface area contributed by atoms with Gasteiger partial charge in [0.05, 0.1) is 13.0 Å². The number of esters is 1. The third-order valence-electron chi connectivity index (χ3n) is 5.59. The normalized spacial score (nSPS) is 12.3. The molecule has 6 N–H and O–H groups in total. The summed E-state index contributed by atoms with van der Waals surface area (Å²) >= 11 is 0.831. The van der Waals surface area contributed by atoms with Gasteiger partial charge in [0.1, 0.15) is 17.9 Å². The lowest BCUT2D eigenvalue weighted by Crippen LogP contribution is -2.47. The minimum Gasteiger partial charge on any atom is -0.480 e. The summed E-state index contributed by atoms with van der Waals surface area (Å²) < 4.78 is 5.13. The second kappa shape index (κ2) is 20.4. The number of aliphatic hydroxyl groups excluding tert-OH is 1. The van der Waals surface area contributed by atoms with Crippen LogP contribution in [0.4, 0.5) is 0 Å². The van der Waals surface area contributed by atoms with Gasteiger partial charge in [-0.1, -0.05) is 25.6 Å². The monoisotopic (exact) mass is 618 g/mol. The van der Waals surface area contributed by atoms with Crippen molar-refractivity contribution < 1.29 is 53.3 Å². The Morgan fingerprint density at radius 1 is 0.857 bits per heavy atom. The molecule has 15 nitrogen and oxygen atoms in total. The lowest BCUT2D eigenvalue weighted by Gasteiger charge is -2.29. The van der Waals surface area contributed by atoms with E-state index in [-0.39, 0.29) is 57.0 Å². The molecule has 42 heavy (non-hydrogen) atoms. The number of hydrogen-bond donors (Lipinski definition) is 6. The van der Waals surface area contributed by atoms with Gasteiger partial charge in [0.25, 0.3) is 0 Å². The standard InChI is InChI=1S/C26H42N4O11S/c1-16(31)27-10-5-6-21(35)41-15-26(3,4)23(37)24(38)29-11-9-20(34)28-12-13-42-22(36)14-18(33)7-8-19(25(39)40)30-17(2)32/h19,23,37H,5-15H2,1-4H3,(H,27,31)(H,28,34)(H,29,38)(H,30,32)(H,39,40)/t19-,23-/m0/s1. The molecule has 0 aromatic rings. The molecule has 238 valence electrons. The molecular formula is C26H42N4O11S. The van der Waals surface area contributed by atoms with E-state index in [1.165, 1.54) is 6.92 Å². The van der Waals surface area contributed by atoms with Crippen LogP contribution < -0.4 is 21.3 Å². The van der Waals surface area contributed by atoms with Crippen LogP contribution in [0.25, 0.3) is 0 Å². The first kappa shape index (κ1) is 38.5. The van der Waals surface area contributed by atoms with Crippen LogP contribution >= 0.6 is 11.8 Å². The molecule has 4 amide bonds. The van der Waals surface area contributed by atoms with Crippen molar-refractivity contribution in [3.63, 3.8) is 0 Å². The molecule has 16 heteroatoms. The lowest BCUT2D eigenvalue weighted by molar-refractivity contribution is -0.153. The van der Waals surface area contributed by atoms with E-state index < -0.39 is 64.5 Å². The molecule has 0 unspecified atom stereocenters. The van der Waals surface area contributed by atoms with Gasteiger partial charge in [0, 0.05) is 63.9 Å². The number of hydrogen-bond acceptors (Lipinski definition) is 11. The van der Waals surface area contributed by atoms with Gasteiger partial charge in [-0.15, -0.1) is 0 Å². The van der Waals surface area contributed by atoms with Crippen LogP contribution in [0, 0.1) is 5.41 Å². The van der Waals surface area contributed by atoms with Crippen LogP contribution in [0.15, 0.2) is 0 Å². The first-order valence-corrected chi connectivity index (χ1v) is 14.3. The van der Waals surface area contributed by atoms with Crippen molar-refractivity contribution in [2.45, 2.75) is 78.4 Å². The average Bonchev–Trinajstić information content (AvgIpc) is 2.89. The summed E-state index contributed by atoms with van der Waals surface area (Å²) in [6, 6.07) is -1.22. The number of carboxylic acid groups (broad SMARTS) is 1. The van der Waals surface area contributed by atoms with E-state index >= 15 is 0 Å². The zero-order valence-electron chi connectivity index (χ0n) is 24.4. The zero-order chi connectivity index (χ0) is 32.3. The fourth-order valence-corrected chi connectivity index (χ4v) is 3.91. The molecule has 0 saturated heterocycles. The molecule has 0 aromatic carbocycles. The highest BCUT2D eigenvalue weighted by molar-refractivity contribution is 8.13. The number of carbonyl (C=O) groups is 8. The van der Waals surface area contributed by atoms with Crippen molar-refractivity contribution >= 4 is 58.2 Å². The molecule has 0 heterocycles. The fourth-order valence-electron chi connectivity index (χ4n) is 3.22. The summed E-state index contributed by atoms with van der Waals surface area (Å²) in [5, 5.41) is 28.7. The van der Waals surface area contributed by atoms with Gasteiger partial charge in [-0.05, 0) is 12.8 Å². The number of ketones is 1. The molecule has 0 fully saturated rings. The Morgan fingerprint density at radius 2 is 1.52 bits per heavy atom. The van der Waals surface area contributed by atoms with Crippen LogP contribution in [0.1, 0.15) is 66.2 Å². The van der Waals surface area contributed by atoms with E-state index in [1.807, 2.05) is 0 Å². The molecule has 0 aromatic heterocycles. The van der Waals surface area contributed by atoms with Gasteiger partial charge in [0.2, 0.25) is 23.6 Å². The number of rotatable bonds is 21. The van der Waals surface area contributed by atoms with E-state index in [0.717, 1.165) is 18.7 Å². The van der Waals surface area contributed by atoms with Crippen LogP contribution in [0.3, 0.4) is 0 Å². The van der Waals surface area contributed by atoms with Crippen molar-refractivity contribution in [3.05, 3.63) is 0 Å². The van der Waals surface area contributed by atoms with E-state index in [2.05, 4.69) is 21.3 Å². The topological polar surface area (TPSA) is 234 Å². The van der Waals surface area contributed by atoms with Crippen molar-refractivity contribution in [2.24, 2.45) is 5.41 Å². The number of ether oxygens (including phenoxy) is 1. The maximum atomic E-state index is 12.3. The van der Waals surface area contributed by atoms with Crippen LogP contribution in [0.2, 0.25) is 0 Å². The number of thioether (sulfide) groups is 1. The van der Waals surface area contributed by atoms with Crippen LogP contribution in [-0.2, 0) is 43.1 Å². The number of nitrogens with one attached hydrogen (secondary N) is 4. The highest BCUT2D eigenvalue weighted by atomic mass is 32.2. The van der Waals surface area contributed by atoms with E-state index in [1.54, 1.807) is 13.8 Å². The van der Waals surface area contributed by atoms with Crippen molar-refractivity contribution in [1.82, 2.24) is 21.3 Å². The second-order valence-electron chi connectivity index (χ2n) is 10.1. The number of aliphatic hydroxyl groups is 1. The number of carbonyl (C=O) groups excluding carboxylic acids is 7. The van der Waals surface area contributed by atoms with Crippen LogP contribution in [0.5, 0.6) is 0 Å². The van der Waals surface area contributed by atoms with Crippen molar-refractivity contribution in [3.8, 4) is 0 Å². The SMILES string of the molecule is CC(=O)NCCCC(=O)OCC(C)(C)[C@@H](O)C(=O)NCCC(=O)NCCSC(=O)CC(=O)CC[C@H](NC(C)=O)C(=O)O. The predicted molar refractivity (Wildman–Crippen MR) is 151 cm³/mol. The third-order valence-corrected chi connectivity index (χ3v) is 6.47. The molecule has 0 aliphatic rings. The van der Waals surface area contributed by atoms with Gasteiger partial charge in [0.15, 0.2) is 5.12 Å². The number of aliphatic carboxylic acids is 1. The highest BCUT2D eigenvalue weighted by Gasteiger charge is 2.35. The Kier molecular flexibility index (Phi) is 18.7. The Balaban J connectivity index is 4.17. The average molecular weight is 619 g/mol. The summed E-state index contributed by atoms with van der Waals surface area (Å²) in [5.41, 5.74) is -1.10. The van der Waals surface area contributed by atoms with Crippen molar-refractivity contribution in [1.29, 1.82) is 0 Å². The lowest BCUT2D eigenvalue weighted by atomic mass is 9.87. The molecule has 0 aliphatic heterocycles. The summed E-state index contributed by atoms with van der Waals surface area (Å²) in [4.78, 5) is 92.9. The molecule has 0 spiro atoms. The maximum absolute atomic E-state index is 12.3. The Labute approximate surface area is 248 Å². The van der Waals surface area contributed by atoms with Gasteiger partial charge in [-0.3, -0.25) is 33.6 Å². The molecule has 0 radical (unpaired) electrons. The molecular weight excluding hydrogens is 576 g/mol. The van der Waals surface area contributed by atoms with Crippen LogP contribution in [-0.4, -0.2) is 101 Å². The van der Waals surface area contributed by atoms with Gasteiger partial charge >= 0.3 is 11.9 Å². The predicted octanol–water partition coefficient (Wildman–Crippen LogP) is -0.956. The van der Waals surface area contributed by atoms with E-state index in [0.29, 0.717) is 13.0 Å². The minimum atomic E-state index is -1.52. The Bertz CT molecular complexity index is 987. The quantitative estimate of drug-likeness (QED) is 0.0519. The van der Waals surface area contributed by atoms with E-state index in [9.17, 15) is 43.5 Å². The third kappa shape index (κ3) is 18.7. The molecule has 0 bridgehead atoms. The van der Waals surface area contributed by atoms with Gasteiger partial charge < -0.3 is 36.2 Å². The molecule has 2 atom stereocenters. The molecule has 0 rings (SSSR count). The maximum Gasteiger partial charge on any atom is 0.326 e. The smallest absolute Gasteiger partial charge is 0.326 e. The largest absolute Gasteiger partial charge is 0.480 e. The van der Waals surface area contributed by atoms with Gasteiger partial charge in [-0.2, -0.15) is 0 Å². The van der Waals surface area contributed by atoms with Crippen molar-refractivity contribution in [2.75, 3.05) is 32.0 Å². The minimum absolute atomic E-state index is 0.0641. The van der Waals surface area contributed by atoms with E-state index in [4.69, 9.17) is 9.84 Å². The number of carboxylic acids is 1. The molecule has 0 saturated carbocycles. The first-order valence-electron chi connectivity index (χ1n) is 13.3. The Hall–Kier alpha value is -3.53. The fraction of sp³-hybridized carbons (Fsp3) is 0.692. The number of Topliss-reactive ketones (excluding diaryl/α,β-unsaturated/α-hetero) is 1. The zero-order valence-corrected chi connectivity index (χ0v) is 25.2. The summed E-state index contributed by atoms with van der Waals surface area (Å²) in [5.74, 6) is -4.00. The Morgan fingerprint density at radius 3 is 2.12 bits per heavy atom. The molecule has 0 aliphatic carbocycles. The second-order valence-corrected chi connectivity index (χ2v) is 11.2. The summed E-state index contributed by atoms with van der Waals surface area (Å²) in [7, 11) is 0.